The Morgan fingerprint density at radius 3 is 1.36 bits per heavy atom. The number of aromatic nitrogens is 3. The highest BCUT2D eigenvalue weighted by Gasteiger charge is 2.50. The van der Waals surface area contributed by atoms with Gasteiger partial charge in [-0.2, -0.15) is 5.26 Å². The van der Waals surface area contributed by atoms with E-state index in [4.69, 9.17) is 15.0 Å². The summed E-state index contributed by atoms with van der Waals surface area (Å²) in [6.07, 6.45) is 0. The number of benzene rings is 8. The average molecular weight is 757 g/mol. The molecule has 58 heavy (non-hydrogen) atoms. The summed E-state index contributed by atoms with van der Waals surface area (Å²) in [6.45, 7) is 0. The second kappa shape index (κ2) is 13.7. The molecule has 8 aromatic carbocycles. The summed E-state index contributed by atoms with van der Waals surface area (Å²) in [6, 6.07) is 70.5. The predicted molar refractivity (Wildman–Crippen MR) is 233 cm³/mol. The second-order valence-electron chi connectivity index (χ2n) is 14.7. The maximum Gasteiger partial charge on any atom is 0.164 e. The molecule has 0 atom stereocenters. The second-order valence-corrected chi connectivity index (χ2v) is 15.8. The van der Waals surface area contributed by atoms with E-state index < -0.39 is 5.41 Å². The summed E-state index contributed by atoms with van der Waals surface area (Å²) in [7, 11) is 0. The van der Waals surface area contributed by atoms with Crippen molar-refractivity contribution in [3.05, 3.63) is 222 Å². The minimum absolute atomic E-state index is 0.570. The topological polar surface area (TPSA) is 62.5 Å². The fourth-order valence-electron chi connectivity index (χ4n) is 8.81. The van der Waals surface area contributed by atoms with E-state index in [0.717, 1.165) is 44.5 Å². The molecule has 2 aliphatic rings. The van der Waals surface area contributed by atoms with Crippen LogP contribution in [0.5, 0.6) is 0 Å². The number of hydrogen-bond acceptors (Lipinski definition) is 5. The van der Waals surface area contributed by atoms with Crippen molar-refractivity contribution in [2.75, 3.05) is 0 Å². The molecule has 11 rings (SSSR count). The number of hydrogen-bond donors (Lipinski definition) is 0. The van der Waals surface area contributed by atoms with Gasteiger partial charge in [-0.15, -0.1) is 0 Å². The van der Waals surface area contributed by atoms with E-state index in [-0.39, 0.29) is 0 Å². The standard InChI is InChI=1S/C53H32N4S/c54-33-34-25-27-48-46(29-34)53(44-23-9-7-21-42(44)43-22-8-10-24-45(43)53)47-32-40(26-28-49(47)58-48)38-18-11-17-37(30-38)39-19-12-20-41(31-39)52-56-50(35-13-3-1-4-14-35)55-51(57-52)36-15-5-2-6-16-36/h1-32H. The van der Waals surface area contributed by atoms with Crippen LogP contribution in [-0.2, 0) is 5.41 Å². The summed E-state index contributed by atoms with van der Waals surface area (Å²) in [5.41, 5.74) is 14.7. The third-order valence-electron chi connectivity index (χ3n) is 11.4. The van der Waals surface area contributed by atoms with Gasteiger partial charge in [-0.05, 0) is 98.1 Å². The van der Waals surface area contributed by atoms with Crippen LogP contribution in [0.1, 0.15) is 27.8 Å². The van der Waals surface area contributed by atoms with E-state index >= 15 is 0 Å². The fourth-order valence-corrected chi connectivity index (χ4v) is 9.96. The Bertz CT molecular complexity index is 3010. The SMILES string of the molecule is N#Cc1ccc2c(c1)C1(c3cc(-c4cccc(-c5cccc(-c6nc(-c7ccccc7)nc(-c7ccccc7)n6)c5)c4)ccc3S2)c2ccccc2-c2ccccc21. The Morgan fingerprint density at radius 2 is 0.793 bits per heavy atom. The molecule has 2 heterocycles. The van der Waals surface area contributed by atoms with Crippen molar-refractivity contribution in [3.63, 3.8) is 0 Å². The van der Waals surface area contributed by atoms with Gasteiger partial charge in [-0.25, -0.2) is 15.0 Å². The fraction of sp³-hybridized carbons (Fsp3) is 0.0189. The zero-order valence-electron chi connectivity index (χ0n) is 31.2. The summed E-state index contributed by atoms with van der Waals surface area (Å²) in [5.74, 6) is 1.90. The molecule has 0 amide bonds. The van der Waals surface area contributed by atoms with Crippen LogP contribution in [0.4, 0.5) is 0 Å². The van der Waals surface area contributed by atoms with Crippen LogP contribution < -0.4 is 0 Å². The Labute approximate surface area is 341 Å². The predicted octanol–water partition coefficient (Wildman–Crippen LogP) is 12.9. The van der Waals surface area contributed by atoms with Gasteiger partial charge >= 0.3 is 0 Å². The molecule has 5 heteroatoms. The minimum atomic E-state index is -0.570. The van der Waals surface area contributed by atoms with E-state index in [0.29, 0.717) is 23.0 Å². The van der Waals surface area contributed by atoms with Crippen molar-refractivity contribution in [2.45, 2.75) is 15.2 Å². The third-order valence-corrected chi connectivity index (χ3v) is 12.6. The summed E-state index contributed by atoms with van der Waals surface area (Å²) in [4.78, 5) is 17.3. The lowest BCUT2D eigenvalue weighted by Gasteiger charge is -2.40. The van der Waals surface area contributed by atoms with Crippen molar-refractivity contribution < 1.29 is 0 Å². The molecule has 1 spiro atoms. The summed E-state index contributed by atoms with van der Waals surface area (Å²) >= 11 is 1.79. The maximum atomic E-state index is 10.1. The molecule has 270 valence electrons. The van der Waals surface area contributed by atoms with Crippen molar-refractivity contribution in [2.24, 2.45) is 0 Å². The van der Waals surface area contributed by atoms with Crippen LogP contribution in [-0.4, -0.2) is 15.0 Å². The molecule has 0 bridgehead atoms. The van der Waals surface area contributed by atoms with Crippen LogP contribution in [0.2, 0.25) is 0 Å². The zero-order chi connectivity index (χ0) is 38.6. The zero-order valence-corrected chi connectivity index (χ0v) is 32.0. The van der Waals surface area contributed by atoms with Crippen molar-refractivity contribution >= 4 is 11.8 Å². The van der Waals surface area contributed by atoms with Crippen molar-refractivity contribution in [3.8, 4) is 73.6 Å². The molecule has 1 aromatic heterocycles. The number of nitriles is 1. The summed E-state index contributed by atoms with van der Waals surface area (Å²) < 4.78 is 0. The first-order valence-corrected chi connectivity index (χ1v) is 20.1. The number of rotatable bonds is 5. The Morgan fingerprint density at radius 1 is 0.362 bits per heavy atom. The molecule has 0 N–H and O–H groups in total. The molecule has 0 saturated carbocycles. The van der Waals surface area contributed by atoms with Gasteiger partial charge in [0.25, 0.3) is 0 Å². The highest BCUT2D eigenvalue weighted by Crippen LogP contribution is 2.62. The molecule has 0 saturated heterocycles. The lowest BCUT2D eigenvalue weighted by Crippen LogP contribution is -2.32. The smallest absolute Gasteiger partial charge is 0.164 e. The highest BCUT2D eigenvalue weighted by molar-refractivity contribution is 7.99. The lowest BCUT2D eigenvalue weighted by molar-refractivity contribution is 0.722. The van der Waals surface area contributed by atoms with Crippen LogP contribution in [0.3, 0.4) is 0 Å². The van der Waals surface area contributed by atoms with E-state index in [1.54, 1.807) is 11.8 Å². The first-order chi connectivity index (χ1) is 28.7. The molecule has 0 fully saturated rings. The van der Waals surface area contributed by atoms with Gasteiger partial charge < -0.3 is 0 Å². The van der Waals surface area contributed by atoms with Crippen LogP contribution in [0.15, 0.2) is 204 Å². The molecule has 4 nitrogen and oxygen atoms in total. The highest BCUT2D eigenvalue weighted by atomic mass is 32.2. The maximum absolute atomic E-state index is 10.1. The lowest BCUT2D eigenvalue weighted by atomic mass is 9.66. The van der Waals surface area contributed by atoms with Crippen LogP contribution >= 0.6 is 11.8 Å². The number of nitrogens with zero attached hydrogens (tertiary/aromatic N) is 4. The minimum Gasteiger partial charge on any atom is -0.208 e. The summed E-state index contributed by atoms with van der Waals surface area (Å²) in [5, 5.41) is 10.1. The molecule has 1 aliphatic carbocycles. The normalized spacial score (nSPS) is 12.9. The number of fused-ring (bicyclic) bond motifs is 9. The third kappa shape index (κ3) is 5.42. The monoisotopic (exact) mass is 756 g/mol. The van der Waals surface area contributed by atoms with Gasteiger partial charge in [-0.3, -0.25) is 0 Å². The molecular formula is C53H32N4S. The van der Waals surface area contributed by atoms with Crippen LogP contribution in [0.25, 0.3) is 67.5 Å². The Hall–Kier alpha value is -7.39. The molecule has 0 radical (unpaired) electrons. The Kier molecular flexibility index (Phi) is 7.99. The van der Waals surface area contributed by atoms with Gasteiger partial charge in [-0.1, -0.05) is 163 Å². The molecular weight excluding hydrogens is 725 g/mol. The average Bonchev–Trinajstić information content (AvgIpc) is 3.60. The molecule has 9 aromatic rings. The largest absolute Gasteiger partial charge is 0.208 e. The van der Waals surface area contributed by atoms with Gasteiger partial charge in [0.2, 0.25) is 0 Å². The van der Waals surface area contributed by atoms with Crippen molar-refractivity contribution in [1.82, 2.24) is 15.0 Å². The van der Waals surface area contributed by atoms with E-state index in [9.17, 15) is 5.26 Å². The first kappa shape index (κ1) is 33.9. The van der Waals surface area contributed by atoms with E-state index in [1.807, 2.05) is 66.7 Å². The van der Waals surface area contributed by atoms with Gasteiger partial charge in [0, 0.05) is 26.5 Å². The van der Waals surface area contributed by atoms with Gasteiger partial charge in [0.15, 0.2) is 17.5 Å². The van der Waals surface area contributed by atoms with E-state index in [1.165, 1.54) is 37.6 Å². The van der Waals surface area contributed by atoms with Crippen molar-refractivity contribution in [1.29, 1.82) is 5.26 Å². The van der Waals surface area contributed by atoms with Gasteiger partial charge in [0.1, 0.15) is 0 Å². The van der Waals surface area contributed by atoms with Crippen LogP contribution in [0, 0.1) is 11.3 Å². The molecule has 0 unspecified atom stereocenters. The quantitative estimate of drug-likeness (QED) is 0.175. The Balaban J connectivity index is 1.03. The van der Waals surface area contributed by atoms with E-state index in [2.05, 4.69) is 133 Å². The first-order valence-electron chi connectivity index (χ1n) is 19.3. The van der Waals surface area contributed by atoms with Gasteiger partial charge in [0.05, 0.1) is 17.0 Å². The molecule has 1 aliphatic heterocycles.